The number of carbonyl (C=O) groups excluding carboxylic acids is 1. The summed E-state index contributed by atoms with van der Waals surface area (Å²) in [5.74, 6) is 1.18. The van der Waals surface area contributed by atoms with Gasteiger partial charge in [-0.1, -0.05) is 42.5 Å². The molecule has 0 atom stereocenters. The molecule has 1 aromatic heterocycles. The normalized spacial score (nSPS) is 15.0. The third-order valence-corrected chi connectivity index (χ3v) is 6.06. The second kappa shape index (κ2) is 10.3. The van der Waals surface area contributed by atoms with Crippen molar-refractivity contribution in [2.24, 2.45) is 0 Å². The van der Waals surface area contributed by atoms with Crippen LogP contribution < -0.4 is 4.74 Å². The Labute approximate surface area is 184 Å². The Balaban J connectivity index is 1.40. The highest BCUT2D eigenvalue weighted by atomic mass is 16.5. The van der Waals surface area contributed by atoms with Crippen molar-refractivity contribution >= 4 is 5.91 Å². The van der Waals surface area contributed by atoms with Gasteiger partial charge in [0.05, 0.1) is 13.4 Å². The monoisotopic (exact) mass is 418 g/mol. The Morgan fingerprint density at radius 3 is 2.39 bits per heavy atom. The maximum Gasteiger partial charge on any atom is 0.290 e. The molecule has 5 heteroatoms. The number of nitrogens with zero attached hydrogens (tertiary/aromatic N) is 2. The van der Waals surface area contributed by atoms with Gasteiger partial charge in [0, 0.05) is 32.2 Å². The van der Waals surface area contributed by atoms with Crippen LogP contribution in [-0.4, -0.2) is 48.5 Å². The first-order valence-corrected chi connectivity index (χ1v) is 11.0. The average Bonchev–Trinajstić information content (AvgIpc) is 3.37. The third-order valence-electron chi connectivity index (χ3n) is 6.06. The van der Waals surface area contributed by atoms with E-state index in [0.29, 0.717) is 12.3 Å². The Hall–Kier alpha value is -3.05. The van der Waals surface area contributed by atoms with Crippen LogP contribution in [0, 0.1) is 0 Å². The summed E-state index contributed by atoms with van der Waals surface area (Å²) in [7, 11) is 1.66. The number of benzene rings is 2. The number of rotatable bonds is 8. The number of hydrogen-bond acceptors (Lipinski definition) is 4. The van der Waals surface area contributed by atoms with Crippen molar-refractivity contribution in [3.8, 4) is 5.75 Å². The largest absolute Gasteiger partial charge is 0.497 e. The molecule has 0 aliphatic carbocycles. The van der Waals surface area contributed by atoms with Crippen LogP contribution in [0.15, 0.2) is 77.4 Å². The SMILES string of the molecule is COc1ccc(CN(C(=O)c2ccco2)C2CCN(CCc3ccccc3)CC2)cc1. The number of carbonyl (C=O) groups is 1. The van der Waals surface area contributed by atoms with E-state index in [1.807, 2.05) is 29.2 Å². The average molecular weight is 419 g/mol. The zero-order chi connectivity index (χ0) is 21.5. The molecular weight excluding hydrogens is 388 g/mol. The fourth-order valence-corrected chi connectivity index (χ4v) is 4.22. The fraction of sp³-hybridized carbons (Fsp3) is 0.346. The zero-order valence-corrected chi connectivity index (χ0v) is 18.1. The highest BCUT2D eigenvalue weighted by Gasteiger charge is 2.29. The number of furan rings is 1. The minimum atomic E-state index is -0.0384. The molecule has 0 spiro atoms. The summed E-state index contributed by atoms with van der Waals surface area (Å²) in [5, 5.41) is 0. The predicted molar refractivity (Wildman–Crippen MR) is 121 cm³/mol. The van der Waals surface area contributed by atoms with Gasteiger partial charge in [0.2, 0.25) is 0 Å². The number of hydrogen-bond donors (Lipinski definition) is 0. The summed E-state index contributed by atoms with van der Waals surface area (Å²) in [5.41, 5.74) is 2.46. The van der Waals surface area contributed by atoms with Gasteiger partial charge in [-0.3, -0.25) is 4.79 Å². The summed E-state index contributed by atoms with van der Waals surface area (Å²) in [6, 6.07) is 22.3. The van der Waals surface area contributed by atoms with E-state index in [1.165, 1.54) is 5.56 Å². The molecule has 162 valence electrons. The number of amides is 1. The van der Waals surface area contributed by atoms with Gasteiger partial charge in [-0.05, 0) is 54.7 Å². The van der Waals surface area contributed by atoms with Crippen molar-refractivity contribution in [3.05, 3.63) is 89.9 Å². The van der Waals surface area contributed by atoms with Gasteiger partial charge in [-0.15, -0.1) is 0 Å². The first-order chi connectivity index (χ1) is 15.2. The Kier molecular flexibility index (Phi) is 7.05. The molecule has 2 heterocycles. The molecule has 1 saturated heterocycles. The van der Waals surface area contributed by atoms with E-state index >= 15 is 0 Å². The molecule has 1 aliphatic rings. The van der Waals surface area contributed by atoms with Gasteiger partial charge in [-0.25, -0.2) is 0 Å². The van der Waals surface area contributed by atoms with Gasteiger partial charge in [0.15, 0.2) is 5.76 Å². The summed E-state index contributed by atoms with van der Waals surface area (Å²) >= 11 is 0. The van der Waals surface area contributed by atoms with E-state index in [9.17, 15) is 4.79 Å². The molecule has 5 nitrogen and oxygen atoms in total. The molecule has 0 unspecified atom stereocenters. The highest BCUT2D eigenvalue weighted by molar-refractivity contribution is 5.91. The van der Waals surface area contributed by atoms with E-state index in [0.717, 1.165) is 50.2 Å². The molecule has 1 aliphatic heterocycles. The second-order valence-electron chi connectivity index (χ2n) is 8.07. The van der Waals surface area contributed by atoms with Gasteiger partial charge >= 0.3 is 0 Å². The molecule has 2 aromatic carbocycles. The molecule has 31 heavy (non-hydrogen) atoms. The topological polar surface area (TPSA) is 45.9 Å². The molecule has 0 radical (unpaired) electrons. The van der Waals surface area contributed by atoms with Crippen molar-refractivity contribution in [1.82, 2.24) is 9.80 Å². The Morgan fingerprint density at radius 2 is 1.74 bits per heavy atom. The Morgan fingerprint density at radius 1 is 1.00 bits per heavy atom. The number of ether oxygens (including phenoxy) is 1. The molecule has 1 amide bonds. The summed E-state index contributed by atoms with van der Waals surface area (Å²) in [4.78, 5) is 17.7. The predicted octanol–water partition coefficient (Wildman–Crippen LogP) is 4.64. The maximum absolute atomic E-state index is 13.2. The number of methoxy groups -OCH3 is 1. The smallest absolute Gasteiger partial charge is 0.290 e. The summed E-state index contributed by atoms with van der Waals surface area (Å²) in [6.45, 7) is 3.63. The standard InChI is InChI=1S/C26H30N2O3/c1-30-24-11-9-22(10-12-24)20-28(26(29)25-8-5-19-31-25)23-14-17-27(18-15-23)16-13-21-6-3-2-4-7-21/h2-12,19,23H,13-18,20H2,1H3. The van der Waals surface area contributed by atoms with Gasteiger partial charge < -0.3 is 19.0 Å². The second-order valence-corrected chi connectivity index (χ2v) is 8.07. The van der Waals surface area contributed by atoms with E-state index in [-0.39, 0.29) is 11.9 Å². The molecule has 0 saturated carbocycles. The van der Waals surface area contributed by atoms with Crippen LogP contribution >= 0.6 is 0 Å². The minimum Gasteiger partial charge on any atom is -0.497 e. The first-order valence-electron chi connectivity index (χ1n) is 11.0. The first kappa shape index (κ1) is 21.2. The fourth-order valence-electron chi connectivity index (χ4n) is 4.22. The van der Waals surface area contributed by atoms with Gasteiger partial charge in [0.1, 0.15) is 5.75 Å². The highest BCUT2D eigenvalue weighted by Crippen LogP contribution is 2.23. The van der Waals surface area contributed by atoms with Crippen LogP contribution in [0.5, 0.6) is 5.75 Å². The third kappa shape index (κ3) is 5.56. The van der Waals surface area contributed by atoms with Crippen LogP contribution in [0.2, 0.25) is 0 Å². The van der Waals surface area contributed by atoms with Crippen molar-refractivity contribution < 1.29 is 13.9 Å². The quantitative estimate of drug-likeness (QED) is 0.535. The summed E-state index contributed by atoms with van der Waals surface area (Å²) in [6.07, 6.45) is 4.56. The van der Waals surface area contributed by atoms with E-state index in [1.54, 1.807) is 25.5 Å². The van der Waals surface area contributed by atoms with Crippen molar-refractivity contribution in [2.45, 2.75) is 31.8 Å². The zero-order valence-electron chi connectivity index (χ0n) is 18.1. The van der Waals surface area contributed by atoms with Crippen LogP contribution in [-0.2, 0) is 13.0 Å². The molecule has 0 bridgehead atoms. The van der Waals surface area contributed by atoms with Crippen molar-refractivity contribution in [3.63, 3.8) is 0 Å². The number of likely N-dealkylation sites (tertiary alicyclic amines) is 1. The maximum atomic E-state index is 13.2. The summed E-state index contributed by atoms with van der Waals surface area (Å²) < 4.78 is 10.7. The van der Waals surface area contributed by atoms with E-state index in [2.05, 4.69) is 35.2 Å². The molecule has 0 N–H and O–H groups in total. The lowest BCUT2D eigenvalue weighted by Crippen LogP contribution is -2.47. The molecule has 1 fully saturated rings. The van der Waals surface area contributed by atoms with Crippen molar-refractivity contribution in [1.29, 1.82) is 0 Å². The minimum absolute atomic E-state index is 0.0384. The lowest BCUT2D eigenvalue weighted by atomic mass is 10.0. The molecular formula is C26H30N2O3. The van der Waals surface area contributed by atoms with Crippen LogP contribution in [0.25, 0.3) is 0 Å². The van der Waals surface area contributed by atoms with Gasteiger partial charge in [0.25, 0.3) is 5.91 Å². The lowest BCUT2D eigenvalue weighted by molar-refractivity contribution is 0.0520. The van der Waals surface area contributed by atoms with E-state index < -0.39 is 0 Å². The molecule has 3 aromatic rings. The lowest BCUT2D eigenvalue weighted by Gasteiger charge is -2.38. The van der Waals surface area contributed by atoms with Crippen LogP contribution in [0.4, 0.5) is 0 Å². The van der Waals surface area contributed by atoms with Crippen LogP contribution in [0.1, 0.15) is 34.5 Å². The van der Waals surface area contributed by atoms with E-state index in [4.69, 9.17) is 9.15 Å². The molecule has 4 rings (SSSR count). The van der Waals surface area contributed by atoms with Crippen LogP contribution in [0.3, 0.4) is 0 Å². The van der Waals surface area contributed by atoms with Crippen molar-refractivity contribution in [2.75, 3.05) is 26.7 Å². The van der Waals surface area contributed by atoms with Gasteiger partial charge in [-0.2, -0.15) is 0 Å². The number of piperidine rings is 1. The Bertz CT molecular complexity index is 931.